The van der Waals surface area contributed by atoms with Crippen molar-refractivity contribution in [2.75, 3.05) is 18.4 Å². The molecule has 0 aliphatic carbocycles. The first-order chi connectivity index (χ1) is 10.6. The fraction of sp³-hybridized carbons (Fsp3) is 0.278. The molecule has 1 aliphatic rings. The van der Waals surface area contributed by atoms with E-state index in [9.17, 15) is 4.79 Å². The van der Waals surface area contributed by atoms with E-state index in [0.717, 1.165) is 25.2 Å². The Morgan fingerprint density at radius 3 is 2.50 bits per heavy atom. The molecule has 1 fully saturated rings. The van der Waals surface area contributed by atoms with Crippen LogP contribution in [-0.4, -0.2) is 24.0 Å². The van der Waals surface area contributed by atoms with E-state index in [1.807, 2.05) is 17.0 Å². The van der Waals surface area contributed by atoms with Crippen LogP contribution in [0.25, 0.3) is 0 Å². The zero-order valence-corrected chi connectivity index (χ0v) is 13.3. The third-order valence-electron chi connectivity index (χ3n) is 4.12. The second kappa shape index (κ2) is 6.41. The number of benzene rings is 2. The summed E-state index contributed by atoms with van der Waals surface area (Å²) in [5.74, 6) is 0.427. The van der Waals surface area contributed by atoms with E-state index in [4.69, 9.17) is 11.6 Å². The third-order valence-corrected chi connectivity index (χ3v) is 4.37. The first kappa shape index (κ1) is 14.9. The molecule has 0 bridgehead atoms. The van der Waals surface area contributed by atoms with Gasteiger partial charge in [-0.3, -0.25) is 0 Å². The van der Waals surface area contributed by atoms with Crippen LogP contribution < -0.4 is 5.32 Å². The van der Waals surface area contributed by atoms with E-state index in [-0.39, 0.29) is 6.03 Å². The summed E-state index contributed by atoms with van der Waals surface area (Å²) in [6.45, 7) is 3.64. The quantitative estimate of drug-likeness (QED) is 0.858. The molecule has 1 aliphatic heterocycles. The number of halogens is 1. The molecule has 0 spiro atoms. The second-order valence-corrected chi connectivity index (χ2v) is 6.22. The molecule has 0 radical (unpaired) electrons. The Hall–Kier alpha value is -2.00. The van der Waals surface area contributed by atoms with E-state index >= 15 is 0 Å². The molecule has 0 saturated carbocycles. The fourth-order valence-corrected chi connectivity index (χ4v) is 2.92. The summed E-state index contributed by atoms with van der Waals surface area (Å²) in [5.41, 5.74) is 3.35. The molecule has 114 valence electrons. The number of hydrogen-bond acceptors (Lipinski definition) is 1. The predicted octanol–water partition coefficient (Wildman–Crippen LogP) is 4.67. The molecule has 3 nitrogen and oxygen atoms in total. The van der Waals surface area contributed by atoms with Gasteiger partial charge in [0.2, 0.25) is 0 Å². The molecule has 3 rings (SSSR count). The Kier molecular flexibility index (Phi) is 4.34. The highest BCUT2D eigenvalue weighted by molar-refractivity contribution is 6.30. The summed E-state index contributed by atoms with van der Waals surface area (Å²) in [7, 11) is 0. The maximum Gasteiger partial charge on any atom is 0.321 e. The van der Waals surface area contributed by atoms with Gasteiger partial charge in [0.1, 0.15) is 0 Å². The van der Waals surface area contributed by atoms with Crippen molar-refractivity contribution in [1.29, 1.82) is 0 Å². The van der Waals surface area contributed by atoms with Crippen molar-refractivity contribution in [1.82, 2.24) is 4.90 Å². The van der Waals surface area contributed by atoms with Gasteiger partial charge in [-0.1, -0.05) is 41.4 Å². The van der Waals surface area contributed by atoms with Crippen LogP contribution in [0, 0.1) is 6.92 Å². The minimum atomic E-state index is -0.0445. The number of hydrogen-bond donors (Lipinski definition) is 1. The van der Waals surface area contributed by atoms with Crippen molar-refractivity contribution < 1.29 is 4.79 Å². The molecular weight excluding hydrogens is 296 g/mol. The Balaban J connectivity index is 1.61. The van der Waals surface area contributed by atoms with Crippen molar-refractivity contribution in [3.63, 3.8) is 0 Å². The first-order valence-corrected chi connectivity index (χ1v) is 7.88. The Morgan fingerprint density at radius 2 is 1.82 bits per heavy atom. The third kappa shape index (κ3) is 3.42. The lowest BCUT2D eigenvalue weighted by Crippen LogP contribution is -2.32. The first-order valence-electron chi connectivity index (χ1n) is 7.50. The molecule has 1 saturated heterocycles. The number of nitrogens with one attached hydrogen (secondary N) is 1. The maximum absolute atomic E-state index is 12.3. The van der Waals surface area contributed by atoms with Crippen molar-refractivity contribution in [3.8, 4) is 0 Å². The lowest BCUT2D eigenvalue weighted by Gasteiger charge is -2.17. The summed E-state index contributed by atoms with van der Waals surface area (Å²) in [6.07, 6.45) is 1.01. The molecule has 4 heteroatoms. The summed E-state index contributed by atoms with van der Waals surface area (Å²) < 4.78 is 0. The van der Waals surface area contributed by atoms with Gasteiger partial charge in [-0.25, -0.2) is 4.79 Å². The van der Waals surface area contributed by atoms with Crippen LogP contribution in [0.2, 0.25) is 5.02 Å². The van der Waals surface area contributed by atoms with E-state index in [0.29, 0.717) is 10.9 Å². The molecule has 2 aromatic rings. The van der Waals surface area contributed by atoms with Gasteiger partial charge in [0.25, 0.3) is 0 Å². The van der Waals surface area contributed by atoms with Gasteiger partial charge in [0.05, 0.1) is 0 Å². The normalized spacial score (nSPS) is 17.5. The van der Waals surface area contributed by atoms with Crippen LogP contribution in [0.4, 0.5) is 10.5 Å². The predicted molar refractivity (Wildman–Crippen MR) is 90.6 cm³/mol. The average Bonchev–Trinajstić information content (AvgIpc) is 3.00. The van der Waals surface area contributed by atoms with Gasteiger partial charge in [0, 0.05) is 29.7 Å². The molecule has 2 aromatic carbocycles. The Bertz CT molecular complexity index is 652. The minimum absolute atomic E-state index is 0.0445. The lowest BCUT2D eigenvalue weighted by atomic mass is 9.98. The SMILES string of the molecule is Cc1ccc([C@H]2CCN(C(=O)Nc3ccc(Cl)cc3)C2)cc1. The summed E-state index contributed by atoms with van der Waals surface area (Å²) >= 11 is 5.85. The molecule has 0 aromatic heterocycles. The number of rotatable bonds is 2. The van der Waals surface area contributed by atoms with Crippen LogP contribution in [-0.2, 0) is 0 Å². The van der Waals surface area contributed by atoms with E-state index in [1.54, 1.807) is 12.1 Å². The number of aryl methyl sites for hydroxylation is 1. The van der Waals surface area contributed by atoms with Crippen LogP contribution in [0.15, 0.2) is 48.5 Å². The van der Waals surface area contributed by atoms with Crippen molar-refractivity contribution in [3.05, 3.63) is 64.7 Å². The average molecular weight is 315 g/mol. The molecule has 0 unspecified atom stereocenters. The molecule has 1 heterocycles. The monoisotopic (exact) mass is 314 g/mol. The number of nitrogens with zero attached hydrogens (tertiary/aromatic N) is 1. The number of likely N-dealkylation sites (tertiary alicyclic amines) is 1. The van der Waals surface area contributed by atoms with Crippen LogP contribution in [0.1, 0.15) is 23.5 Å². The Labute approximate surface area is 135 Å². The van der Waals surface area contributed by atoms with Crippen LogP contribution in [0.5, 0.6) is 0 Å². The van der Waals surface area contributed by atoms with Crippen molar-refractivity contribution in [2.45, 2.75) is 19.3 Å². The zero-order chi connectivity index (χ0) is 15.5. The minimum Gasteiger partial charge on any atom is -0.324 e. The molecule has 2 amide bonds. The highest BCUT2D eigenvalue weighted by Crippen LogP contribution is 2.27. The fourth-order valence-electron chi connectivity index (χ4n) is 2.79. The van der Waals surface area contributed by atoms with E-state index in [1.165, 1.54) is 11.1 Å². The molecule has 22 heavy (non-hydrogen) atoms. The standard InChI is InChI=1S/C18H19ClN2O/c1-13-2-4-14(5-3-13)15-10-11-21(12-15)18(22)20-17-8-6-16(19)7-9-17/h2-9,15H,10-12H2,1H3,(H,20,22)/t15-/m0/s1. The number of urea groups is 1. The van der Waals surface area contributed by atoms with Gasteiger partial charge >= 0.3 is 6.03 Å². The van der Waals surface area contributed by atoms with Crippen LogP contribution >= 0.6 is 11.6 Å². The van der Waals surface area contributed by atoms with Crippen molar-refractivity contribution in [2.24, 2.45) is 0 Å². The second-order valence-electron chi connectivity index (χ2n) is 5.78. The number of amides is 2. The molecule has 1 N–H and O–H groups in total. The molecule has 1 atom stereocenters. The summed E-state index contributed by atoms with van der Waals surface area (Å²) in [5, 5.41) is 3.59. The lowest BCUT2D eigenvalue weighted by molar-refractivity contribution is 0.222. The molecular formula is C18H19ClN2O. The summed E-state index contributed by atoms with van der Waals surface area (Å²) in [6, 6.07) is 15.7. The highest BCUT2D eigenvalue weighted by atomic mass is 35.5. The van der Waals surface area contributed by atoms with Gasteiger partial charge in [-0.15, -0.1) is 0 Å². The van der Waals surface area contributed by atoms with Gasteiger partial charge in [0.15, 0.2) is 0 Å². The van der Waals surface area contributed by atoms with Gasteiger partial charge in [-0.05, 0) is 43.2 Å². The number of carbonyl (C=O) groups excluding carboxylic acids is 1. The van der Waals surface area contributed by atoms with E-state index < -0.39 is 0 Å². The van der Waals surface area contributed by atoms with E-state index in [2.05, 4.69) is 36.5 Å². The summed E-state index contributed by atoms with van der Waals surface area (Å²) in [4.78, 5) is 14.2. The van der Waals surface area contributed by atoms with Gasteiger partial charge in [-0.2, -0.15) is 0 Å². The number of carbonyl (C=O) groups is 1. The van der Waals surface area contributed by atoms with Crippen molar-refractivity contribution >= 4 is 23.3 Å². The van der Waals surface area contributed by atoms with Gasteiger partial charge < -0.3 is 10.2 Å². The smallest absolute Gasteiger partial charge is 0.321 e. The number of anilines is 1. The maximum atomic E-state index is 12.3. The van der Waals surface area contributed by atoms with Crippen LogP contribution in [0.3, 0.4) is 0 Å². The zero-order valence-electron chi connectivity index (χ0n) is 12.6. The Morgan fingerprint density at radius 1 is 1.14 bits per heavy atom. The highest BCUT2D eigenvalue weighted by Gasteiger charge is 2.27. The largest absolute Gasteiger partial charge is 0.324 e. The topological polar surface area (TPSA) is 32.3 Å².